The summed E-state index contributed by atoms with van der Waals surface area (Å²) < 4.78 is 36.8. The van der Waals surface area contributed by atoms with Crippen molar-refractivity contribution in [2.45, 2.75) is 31.7 Å². The number of anilines is 1. The Morgan fingerprint density at radius 3 is 2.17 bits per heavy atom. The molecule has 1 heterocycles. The molecule has 0 atom stereocenters. The Morgan fingerprint density at radius 1 is 1.10 bits per heavy atom. The highest BCUT2D eigenvalue weighted by atomic mass is 19.3. The van der Waals surface area contributed by atoms with Crippen molar-refractivity contribution >= 4 is 23.5 Å². The summed E-state index contributed by atoms with van der Waals surface area (Å²) >= 11 is 0. The molecule has 154 valence electrons. The summed E-state index contributed by atoms with van der Waals surface area (Å²) in [6.07, 6.45) is -0.984. The molecule has 10 heteroatoms. The molecule has 1 amide bonds. The smallest absolute Gasteiger partial charge is 0.337 e. The lowest BCUT2D eigenvalue weighted by Gasteiger charge is -2.11. The summed E-state index contributed by atoms with van der Waals surface area (Å²) in [6.45, 7) is -0.442. The molecule has 1 aliphatic carbocycles. The van der Waals surface area contributed by atoms with E-state index in [2.05, 4.69) is 19.9 Å². The van der Waals surface area contributed by atoms with Gasteiger partial charge in [0, 0.05) is 11.6 Å². The Labute approximate surface area is 164 Å². The number of nitrogens with zero attached hydrogens (tertiary/aromatic N) is 2. The van der Waals surface area contributed by atoms with Crippen molar-refractivity contribution in [1.82, 2.24) is 9.78 Å². The molecule has 0 radical (unpaired) electrons. The van der Waals surface area contributed by atoms with Gasteiger partial charge in [-0.25, -0.2) is 18.4 Å². The molecule has 1 fully saturated rings. The minimum absolute atomic E-state index is 0.0223. The van der Waals surface area contributed by atoms with Crippen LogP contribution in [0, 0.1) is 0 Å². The Bertz CT molecular complexity index is 919. The average molecular weight is 407 g/mol. The maximum absolute atomic E-state index is 13.3. The van der Waals surface area contributed by atoms with Gasteiger partial charge < -0.3 is 14.8 Å². The number of benzene rings is 1. The van der Waals surface area contributed by atoms with Crippen LogP contribution in [0.4, 0.5) is 14.5 Å². The van der Waals surface area contributed by atoms with E-state index in [0.29, 0.717) is 5.69 Å². The zero-order valence-electron chi connectivity index (χ0n) is 15.8. The van der Waals surface area contributed by atoms with E-state index in [1.165, 1.54) is 38.5 Å². The molecular formula is C19H19F2N3O5. The Kier molecular flexibility index (Phi) is 5.90. The number of hydrogen-bond donors (Lipinski definition) is 1. The highest BCUT2D eigenvalue weighted by Gasteiger charge is 2.29. The van der Waals surface area contributed by atoms with Gasteiger partial charge in [-0.15, -0.1) is 0 Å². The third-order valence-corrected chi connectivity index (χ3v) is 4.40. The van der Waals surface area contributed by atoms with Crippen molar-refractivity contribution in [2.75, 3.05) is 19.5 Å². The van der Waals surface area contributed by atoms with Gasteiger partial charge in [-0.05, 0) is 37.1 Å². The van der Waals surface area contributed by atoms with E-state index in [0.717, 1.165) is 17.5 Å². The monoisotopic (exact) mass is 407 g/mol. The lowest BCUT2D eigenvalue weighted by molar-refractivity contribution is -0.117. The summed E-state index contributed by atoms with van der Waals surface area (Å²) in [5, 5.41) is 6.61. The normalized spacial score (nSPS) is 13.3. The van der Waals surface area contributed by atoms with E-state index < -0.39 is 30.8 Å². The molecule has 1 saturated carbocycles. The average Bonchev–Trinajstić information content (AvgIpc) is 3.46. The summed E-state index contributed by atoms with van der Waals surface area (Å²) in [7, 11) is 2.35. The van der Waals surface area contributed by atoms with E-state index in [9.17, 15) is 23.2 Å². The topological polar surface area (TPSA) is 99.5 Å². The molecule has 0 unspecified atom stereocenters. The Balaban J connectivity index is 1.81. The molecule has 8 nitrogen and oxygen atoms in total. The molecule has 1 aromatic heterocycles. The van der Waals surface area contributed by atoms with E-state index in [1.54, 1.807) is 0 Å². The number of amides is 1. The van der Waals surface area contributed by atoms with Gasteiger partial charge >= 0.3 is 11.9 Å². The van der Waals surface area contributed by atoms with Crippen LogP contribution >= 0.6 is 0 Å². The first-order chi connectivity index (χ1) is 13.8. The first kappa shape index (κ1) is 20.4. The van der Waals surface area contributed by atoms with Gasteiger partial charge in [0.2, 0.25) is 5.91 Å². The van der Waals surface area contributed by atoms with E-state index >= 15 is 0 Å². The number of halogens is 2. The molecule has 0 spiro atoms. The second-order valence-corrected chi connectivity index (χ2v) is 6.56. The van der Waals surface area contributed by atoms with E-state index in [-0.39, 0.29) is 28.4 Å². The Hall–Kier alpha value is -3.30. The molecular weight excluding hydrogens is 388 g/mol. The van der Waals surface area contributed by atoms with Crippen molar-refractivity contribution in [1.29, 1.82) is 0 Å². The SMILES string of the molecule is COC(=O)c1cc(NC(=O)Cn2nc(C3CC3)cc2C(F)F)cc(C(=O)OC)c1. The minimum Gasteiger partial charge on any atom is -0.465 e. The Morgan fingerprint density at radius 2 is 1.69 bits per heavy atom. The molecule has 3 rings (SSSR count). The largest absolute Gasteiger partial charge is 0.465 e. The van der Waals surface area contributed by atoms with Crippen LogP contribution in [0.25, 0.3) is 0 Å². The number of aromatic nitrogens is 2. The van der Waals surface area contributed by atoms with Crippen LogP contribution in [0.15, 0.2) is 24.3 Å². The molecule has 1 aromatic carbocycles. The van der Waals surface area contributed by atoms with Gasteiger partial charge in [0.15, 0.2) is 0 Å². The predicted octanol–water partition coefficient (Wildman–Crippen LogP) is 2.91. The van der Waals surface area contributed by atoms with Crippen molar-refractivity contribution in [3.05, 3.63) is 46.8 Å². The van der Waals surface area contributed by atoms with Crippen LogP contribution in [-0.2, 0) is 20.8 Å². The molecule has 29 heavy (non-hydrogen) atoms. The number of rotatable bonds is 7. The molecule has 0 saturated heterocycles. The lowest BCUT2D eigenvalue weighted by atomic mass is 10.1. The van der Waals surface area contributed by atoms with Crippen molar-refractivity contribution in [3.63, 3.8) is 0 Å². The van der Waals surface area contributed by atoms with Gasteiger partial charge in [0.1, 0.15) is 12.2 Å². The number of ether oxygens (including phenoxy) is 2. The second kappa shape index (κ2) is 8.38. The predicted molar refractivity (Wildman–Crippen MR) is 96.9 cm³/mol. The van der Waals surface area contributed by atoms with E-state index in [4.69, 9.17) is 0 Å². The van der Waals surface area contributed by atoms with Crippen LogP contribution in [0.3, 0.4) is 0 Å². The van der Waals surface area contributed by atoms with Crippen molar-refractivity contribution in [3.8, 4) is 0 Å². The lowest BCUT2D eigenvalue weighted by Crippen LogP contribution is -2.21. The molecule has 1 N–H and O–H groups in total. The molecule has 0 aliphatic heterocycles. The van der Waals surface area contributed by atoms with Crippen molar-refractivity contribution in [2.24, 2.45) is 0 Å². The number of alkyl halides is 2. The van der Waals surface area contributed by atoms with Gasteiger partial charge in [0.25, 0.3) is 6.43 Å². The quantitative estimate of drug-likeness (QED) is 0.709. The number of nitrogens with one attached hydrogen (secondary N) is 1. The first-order valence-electron chi connectivity index (χ1n) is 8.79. The van der Waals surface area contributed by atoms with Crippen LogP contribution in [0.2, 0.25) is 0 Å². The number of methoxy groups -OCH3 is 2. The van der Waals surface area contributed by atoms with Crippen LogP contribution in [0.5, 0.6) is 0 Å². The fourth-order valence-corrected chi connectivity index (χ4v) is 2.84. The van der Waals surface area contributed by atoms with Crippen LogP contribution in [-0.4, -0.2) is 41.8 Å². The maximum atomic E-state index is 13.3. The number of carbonyl (C=O) groups excluding carboxylic acids is 3. The summed E-state index contributed by atoms with van der Waals surface area (Å²) in [6, 6.07) is 5.20. The highest BCUT2D eigenvalue weighted by Crippen LogP contribution is 2.40. The number of carbonyl (C=O) groups is 3. The van der Waals surface area contributed by atoms with E-state index in [1.807, 2.05) is 0 Å². The van der Waals surface area contributed by atoms with Crippen LogP contribution in [0.1, 0.15) is 57.3 Å². The molecule has 2 aromatic rings. The number of hydrogen-bond acceptors (Lipinski definition) is 6. The standard InChI is InChI=1S/C19H19F2N3O5/c1-28-18(26)11-5-12(19(27)29-2)7-13(6-11)22-16(25)9-24-15(17(20)21)8-14(23-24)10-3-4-10/h5-8,10,17H,3-4,9H2,1-2H3,(H,22,25). The number of esters is 2. The summed E-state index contributed by atoms with van der Waals surface area (Å²) in [5.74, 6) is -1.91. The first-order valence-corrected chi connectivity index (χ1v) is 8.79. The van der Waals surface area contributed by atoms with Gasteiger partial charge in [-0.1, -0.05) is 0 Å². The highest BCUT2D eigenvalue weighted by molar-refractivity contribution is 5.99. The zero-order chi connectivity index (χ0) is 21.1. The molecule has 1 aliphatic rings. The van der Waals surface area contributed by atoms with Gasteiger partial charge in [-0.3, -0.25) is 9.48 Å². The molecule has 0 bridgehead atoms. The fourth-order valence-electron chi connectivity index (χ4n) is 2.84. The van der Waals surface area contributed by atoms with Crippen LogP contribution < -0.4 is 5.32 Å². The second-order valence-electron chi connectivity index (χ2n) is 6.56. The van der Waals surface area contributed by atoms with Crippen molar-refractivity contribution < 1.29 is 32.6 Å². The van der Waals surface area contributed by atoms with Gasteiger partial charge in [0.05, 0.1) is 31.0 Å². The van der Waals surface area contributed by atoms with Gasteiger partial charge in [-0.2, -0.15) is 5.10 Å². The summed E-state index contributed by atoms with van der Waals surface area (Å²) in [5.41, 5.74) is 0.379. The zero-order valence-corrected chi connectivity index (χ0v) is 15.8. The third-order valence-electron chi connectivity index (χ3n) is 4.40. The maximum Gasteiger partial charge on any atom is 0.337 e. The summed E-state index contributed by atoms with van der Waals surface area (Å²) in [4.78, 5) is 36.0. The third kappa shape index (κ3) is 4.76. The minimum atomic E-state index is -2.77. The fraction of sp³-hybridized carbons (Fsp3) is 0.368.